The number of hydrogen-bond donors (Lipinski definition) is 1. The van der Waals surface area contributed by atoms with Crippen LogP contribution in [0, 0.1) is 0 Å². The van der Waals surface area contributed by atoms with E-state index in [0.29, 0.717) is 28.8 Å². The third kappa shape index (κ3) is 4.26. The number of rotatable bonds is 6. The van der Waals surface area contributed by atoms with Crippen molar-refractivity contribution in [3.8, 4) is 5.75 Å². The van der Waals surface area contributed by atoms with Crippen molar-refractivity contribution in [2.75, 3.05) is 11.9 Å². The van der Waals surface area contributed by atoms with Crippen molar-refractivity contribution in [1.82, 2.24) is 9.78 Å². The van der Waals surface area contributed by atoms with E-state index < -0.39 is 18.0 Å². The first-order chi connectivity index (χ1) is 13.9. The Morgan fingerprint density at radius 2 is 1.76 bits per heavy atom. The molecule has 0 unspecified atom stereocenters. The van der Waals surface area contributed by atoms with Gasteiger partial charge in [-0.2, -0.15) is 5.10 Å². The van der Waals surface area contributed by atoms with E-state index in [2.05, 4.69) is 10.4 Å². The van der Waals surface area contributed by atoms with Gasteiger partial charge in [-0.05, 0) is 32.0 Å². The van der Waals surface area contributed by atoms with Gasteiger partial charge in [0.15, 0.2) is 11.8 Å². The molecule has 0 saturated carbocycles. The minimum atomic E-state index is -1.09. The van der Waals surface area contributed by atoms with Crippen LogP contribution in [0.2, 0.25) is 0 Å². The number of amides is 1. The van der Waals surface area contributed by atoms with Crippen LogP contribution in [0.15, 0.2) is 53.3 Å². The molecule has 3 rings (SSSR count). The van der Waals surface area contributed by atoms with Crippen molar-refractivity contribution in [3.05, 3.63) is 64.6 Å². The molecule has 150 valence electrons. The Hall–Kier alpha value is -3.68. The lowest BCUT2D eigenvalue weighted by Crippen LogP contribution is -2.31. The van der Waals surface area contributed by atoms with Crippen LogP contribution in [-0.4, -0.2) is 34.4 Å². The maximum absolute atomic E-state index is 12.7. The fraction of sp³-hybridized carbons (Fsp3) is 0.238. The molecule has 1 aromatic heterocycles. The molecule has 0 bridgehead atoms. The van der Waals surface area contributed by atoms with Gasteiger partial charge in [0.25, 0.3) is 11.5 Å². The van der Waals surface area contributed by atoms with Gasteiger partial charge in [-0.25, -0.2) is 9.48 Å². The van der Waals surface area contributed by atoms with Crippen LogP contribution in [0.3, 0.4) is 0 Å². The number of ether oxygens (including phenoxy) is 2. The largest absolute Gasteiger partial charge is 0.492 e. The van der Waals surface area contributed by atoms with Gasteiger partial charge in [-0.15, -0.1) is 0 Å². The van der Waals surface area contributed by atoms with Crippen molar-refractivity contribution in [2.45, 2.75) is 20.0 Å². The molecule has 1 atom stereocenters. The van der Waals surface area contributed by atoms with Gasteiger partial charge in [0.2, 0.25) is 0 Å². The maximum atomic E-state index is 12.7. The number of anilines is 1. The summed E-state index contributed by atoms with van der Waals surface area (Å²) in [6, 6.07) is 13.6. The number of para-hydroxylation sites is 2. The molecule has 29 heavy (non-hydrogen) atoms. The van der Waals surface area contributed by atoms with Gasteiger partial charge < -0.3 is 14.8 Å². The van der Waals surface area contributed by atoms with Crippen molar-refractivity contribution < 1.29 is 19.1 Å². The Labute approximate surface area is 167 Å². The van der Waals surface area contributed by atoms with Gasteiger partial charge in [0, 0.05) is 12.4 Å². The zero-order chi connectivity index (χ0) is 21.0. The molecule has 0 aliphatic carbocycles. The Morgan fingerprint density at radius 1 is 1.10 bits per heavy atom. The number of nitrogens with one attached hydrogen (secondary N) is 1. The second kappa shape index (κ2) is 8.55. The number of carbonyl (C=O) groups is 2. The average molecular weight is 395 g/mol. The number of aromatic nitrogens is 2. The van der Waals surface area contributed by atoms with E-state index in [0.717, 1.165) is 4.68 Å². The van der Waals surface area contributed by atoms with Gasteiger partial charge in [0.1, 0.15) is 5.75 Å². The lowest BCUT2D eigenvalue weighted by Gasteiger charge is -2.16. The normalized spacial score (nSPS) is 11.7. The van der Waals surface area contributed by atoms with Crippen LogP contribution in [0.1, 0.15) is 24.3 Å². The third-order valence-corrected chi connectivity index (χ3v) is 4.25. The molecule has 3 aromatic rings. The van der Waals surface area contributed by atoms with Crippen LogP contribution < -0.4 is 15.6 Å². The van der Waals surface area contributed by atoms with Crippen LogP contribution in [0.4, 0.5) is 5.69 Å². The lowest BCUT2D eigenvalue weighted by molar-refractivity contribution is -0.123. The van der Waals surface area contributed by atoms with Gasteiger partial charge in [-0.1, -0.05) is 30.3 Å². The number of esters is 1. The maximum Gasteiger partial charge on any atom is 0.360 e. The summed E-state index contributed by atoms with van der Waals surface area (Å²) in [5.74, 6) is -0.787. The molecule has 1 N–H and O–H groups in total. The summed E-state index contributed by atoms with van der Waals surface area (Å²) in [5.41, 5.74) is 0.125. The highest BCUT2D eigenvalue weighted by molar-refractivity contribution is 6.03. The van der Waals surface area contributed by atoms with E-state index in [-0.39, 0.29) is 11.3 Å². The number of benzene rings is 2. The fourth-order valence-corrected chi connectivity index (χ4v) is 2.81. The molecular weight excluding hydrogens is 374 g/mol. The molecule has 2 aromatic carbocycles. The fourth-order valence-electron chi connectivity index (χ4n) is 2.81. The first-order valence-electron chi connectivity index (χ1n) is 9.12. The summed E-state index contributed by atoms with van der Waals surface area (Å²) in [4.78, 5) is 37.3. The molecule has 0 radical (unpaired) electrons. The monoisotopic (exact) mass is 395 g/mol. The van der Waals surface area contributed by atoms with Crippen molar-refractivity contribution in [1.29, 1.82) is 0 Å². The zero-order valence-electron chi connectivity index (χ0n) is 16.3. The number of carbonyl (C=O) groups excluding carboxylic acids is 2. The van der Waals surface area contributed by atoms with E-state index in [1.165, 1.54) is 14.0 Å². The minimum Gasteiger partial charge on any atom is -0.492 e. The Kier molecular flexibility index (Phi) is 5.92. The first-order valence-corrected chi connectivity index (χ1v) is 9.12. The third-order valence-electron chi connectivity index (χ3n) is 4.25. The average Bonchev–Trinajstić information content (AvgIpc) is 2.72. The molecular formula is C21H21N3O5. The topological polar surface area (TPSA) is 99.5 Å². The molecule has 1 amide bonds. The summed E-state index contributed by atoms with van der Waals surface area (Å²) < 4.78 is 11.9. The summed E-state index contributed by atoms with van der Waals surface area (Å²) in [5, 5.41) is 7.42. The SMILES string of the molecule is CCOc1ccccc1NC(=O)[C@@H](C)OC(=O)c1nn(C)c(=O)c2ccccc12. The molecule has 0 fully saturated rings. The number of nitrogens with zero attached hydrogens (tertiary/aromatic N) is 2. The predicted octanol–water partition coefficient (Wildman–Crippen LogP) is 2.52. The molecule has 1 heterocycles. The summed E-state index contributed by atoms with van der Waals surface area (Å²) in [6.07, 6.45) is -1.09. The number of hydrogen-bond acceptors (Lipinski definition) is 6. The van der Waals surface area contributed by atoms with E-state index in [1.54, 1.807) is 48.5 Å². The highest BCUT2D eigenvalue weighted by Crippen LogP contribution is 2.24. The number of fused-ring (bicyclic) bond motifs is 1. The molecule has 0 aliphatic heterocycles. The Balaban J connectivity index is 1.79. The molecule has 0 spiro atoms. The van der Waals surface area contributed by atoms with Crippen LogP contribution in [0.25, 0.3) is 10.8 Å². The summed E-state index contributed by atoms with van der Waals surface area (Å²) >= 11 is 0. The Morgan fingerprint density at radius 3 is 2.48 bits per heavy atom. The van der Waals surface area contributed by atoms with Crippen LogP contribution in [-0.2, 0) is 16.6 Å². The highest BCUT2D eigenvalue weighted by Gasteiger charge is 2.23. The van der Waals surface area contributed by atoms with E-state index in [4.69, 9.17) is 9.47 Å². The van der Waals surface area contributed by atoms with Crippen LogP contribution >= 0.6 is 0 Å². The quantitative estimate of drug-likeness (QED) is 0.644. The zero-order valence-corrected chi connectivity index (χ0v) is 16.3. The van der Waals surface area contributed by atoms with E-state index in [9.17, 15) is 14.4 Å². The van der Waals surface area contributed by atoms with Crippen LogP contribution in [0.5, 0.6) is 5.75 Å². The van der Waals surface area contributed by atoms with E-state index in [1.807, 2.05) is 6.92 Å². The highest BCUT2D eigenvalue weighted by atomic mass is 16.5. The molecule has 8 nitrogen and oxygen atoms in total. The summed E-state index contributed by atoms with van der Waals surface area (Å²) in [7, 11) is 1.45. The lowest BCUT2D eigenvalue weighted by atomic mass is 10.1. The minimum absolute atomic E-state index is 0.0305. The second-order valence-corrected chi connectivity index (χ2v) is 6.29. The Bertz CT molecular complexity index is 1120. The molecule has 8 heteroatoms. The standard InChI is InChI=1S/C21H21N3O5/c1-4-28-17-12-8-7-11-16(17)22-19(25)13(2)29-21(27)18-14-9-5-6-10-15(14)20(26)24(3)23-18/h5-13H,4H2,1-3H3,(H,22,25)/t13-/m1/s1. The van der Waals surface area contributed by atoms with E-state index >= 15 is 0 Å². The predicted molar refractivity (Wildman–Crippen MR) is 108 cm³/mol. The first kappa shape index (κ1) is 20.1. The van der Waals surface area contributed by atoms with Gasteiger partial charge >= 0.3 is 5.97 Å². The summed E-state index contributed by atoms with van der Waals surface area (Å²) in [6.45, 7) is 3.75. The van der Waals surface area contributed by atoms with Crippen molar-refractivity contribution in [3.63, 3.8) is 0 Å². The number of aryl methyl sites for hydroxylation is 1. The second-order valence-electron chi connectivity index (χ2n) is 6.29. The smallest absolute Gasteiger partial charge is 0.360 e. The van der Waals surface area contributed by atoms with Crippen molar-refractivity contribution >= 4 is 28.3 Å². The van der Waals surface area contributed by atoms with Crippen molar-refractivity contribution in [2.24, 2.45) is 7.05 Å². The molecule has 0 aliphatic rings. The van der Waals surface area contributed by atoms with Gasteiger partial charge in [-0.3, -0.25) is 9.59 Å². The molecule has 0 saturated heterocycles. The van der Waals surface area contributed by atoms with Gasteiger partial charge in [0.05, 0.1) is 17.7 Å².